The fourth-order valence-electron chi connectivity index (χ4n) is 4.21. The van der Waals surface area contributed by atoms with Crippen LogP contribution in [0.5, 0.6) is 0 Å². The van der Waals surface area contributed by atoms with E-state index in [4.69, 9.17) is 4.74 Å². The van der Waals surface area contributed by atoms with Gasteiger partial charge in [-0.15, -0.1) is 0 Å². The summed E-state index contributed by atoms with van der Waals surface area (Å²) in [4.78, 5) is 14.5. The molecule has 2 unspecified atom stereocenters. The highest BCUT2D eigenvalue weighted by Gasteiger charge is 2.29. The van der Waals surface area contributed by atoms with Gasteiger partial charge in [-0.25, -0.2) is 0 Å². The molecule has 0 radical (unpaired) electrons. The molecule has 3 heterocycles. The number of likely N-dealkylation sites (N-methyl/N-ethyl adjacent to an activating group) is 1. The van der Waals surface area contributed by atoms with E-state index in [-0.39, 0.29) is 18.3 Å². The van der Waals surface area contributed by atoms with Crippen LogP contribution in [0.4, 0.5) is 0 Å². The Kier molecular flexibility index (Phi) is 6.42. The lowest BCUT2D eigenvalue weighted by atomic mass is 10.0. The summed E-state index contributed by atoms with van der Waals surface area (Å²) in [5.74, 6) is 0.0537. The molecule has 2 aliphatic rings. The Bertz CT molecular complexity index is 801. The summed E-state index contributed by atoms with van der Waals surface area (Å²) in [7, 11) is 1.85. The van der Waals surface area contributed by atoms with Crippen LogP contribution >= 0.6 is 0 Å². The lowest BCUT2D eigenvalue weighted by Gasteiger charge is -2.25. The highest BCUT2D eigenvalue weighted by atomic mass is 35.5. The molecule has 1 aromatic heterocycles. The van der Waals surface area contributed by atoms with Gasteiger partial charge < -0.3 is 37.0 Å². The van der Waals surface area contributed by atoms with Gasteiger partial charge in [0.1, 0.15) is 31.0 Å². The minimum atomic E-state index is -0.503. The van der Waals surface area contributed by atoms with E-state index in [2.05, 4.69) is 11.4 Å². The summed E-state index contributed by atoms with van der Waals surface area (Å²) >= 11 is 0. The van der Waals surface area contributed by atoms with Crippen LogP contribution in [-0.4, -0.2) is 66.0 Å². The molecule has 1 saturated heterocycles. The van der Waals surface area contributed by atoms with Crippen molar-refractivity contribution in [3.05, 3.63) is 35.5 Å². The zero-order valence-corrected chi connectivity index (χ0v) is 16.5. The summed E-state index contributed by atoms with van der Waals surface area (Å²) in [6, 6.07) is 8.14. The summed E-state index contributed by atoms with van der Waals surface area (Å²) < 4.78 is 7.65. The fourth-order valence-corrected chi connectivity index (χ4v) is 4.21. The maximum Gasteiger partial charge on any atom is 0.270 e. The van der Waals surface area contributed by atoms with Crippen molar-refractivity contribution in [1.82, 2.24) is 9.47 Å². The van der Waals surface area contributed by atoms with Crippen LogP contribution < -0.4 is 17.7 Å². The third-order valence-electron chi connectivity index (χ3n) is 5.61. The number of hydrogen-bond donors (Lipinski definition) is 2. The lowest BCUT2D eigenvalue weighted by molar-refractivity contribution is -0.666. The number of carbonyl (C=O) groups is 1. The number of rotatable bonds is 6. The monoisotopic (exact) mass is 393 g/mol. The van der Waals surface area contributed by atoms with Crippen molar-refractivity contribution < 1.29 is 32.4 Å². The van der Waals surface area contributed by atoms with Gasteiger partial charge in [-0.05, 0) is 30.9 Å². The van der Waals surface area contributed by atoms with Crippen LogP contribution in [0, 0.1) is 0 Å². The van der Waals surface area contributed by atoms with Gasteiger partial charge in [0, 0.05) is 31.1 Å². The zero-order valence-electron chi connectivity index (χ0n) is 15.7. The summed E-state index contributed by atoms with van der Waals surface area (Å²) in [5.41, 5.74) is 2.91. The summed E-state index contributed by atoms with van der Waals surface area (Å²) in [6.45, 7) is 3.56. The van der Waals surface area contributed by atoms with Crippen molar-refractivity contribution in [2.24, 2.45) is 0 Å². The van der Waals surface area contributed by atoms with E-state index >= 15 is 0 Å². The normalized spacial score (nSPS) is 20.6. The van der Waals surface area contributed by atoms with Gasteiger partial charge in [-0.2, -0.15) is 0 Å². The lowest BCUT2D eigenvalue weighted by Crippen LogP contribution is -3.00. The van der Waals surface area contributed by atoms with Crippen molar-refractivity contribution in [3.8, 4) is 0 Å². The van der Waals surface area contributed by atoms with E-state index < -0.39 is 6.10 Å². The second-order valence-corrected chi connectivity index (χ2v) is 7.48. The molecule has 0 saturated carbocycles. The number of carbonyl (C=O) groups excluding carboxylic acids is 1. The van der Waals surface area contributed by atoms with Gasteiger partial charge in [-0.3, -0.25) is 4.79 Å². The van der Waals surface area contributed by atoms with E-state index in [0.29, 0.717) is 19.2 Å². The molecule has 1 fully saturated rings. The van der Waals surface area contributed by atoms with Gasteiger partial charge in [-0.1, -0.05) is 18.2 Å². The van der Waals surface area contributed by atoms with E-state index in [0.717, 1.165) is 61.1 Å². The Morgan fingerprint density at radius 1 is 1.37 bits per heavy atom. The molecule has 3 N–H and O–H groups in total. The molecule has 1 aromatic carbocycles. The number of amides is 1. The maximum atomic E-state index is 12.8. The molecule has 0 bridgehead atoms. The number of benzene rings is 1. The number of aliphatic hydroxyl groups excluding tert-OH is 1. The van der Waals surface area contributed by atoms with E-state index in [1.165, 1.54) is 0 Å². The second-order valence-electron chi connectivity index (χ2n) is 7.48. The first-order valence-electron chi connectivity index (χ1n) is 9.62. The van der Waals surface area contributed by atoms with Crippen LogP contribution in [0.2, 0.25) is 0 Å². The van der Waals surface area contributed by atoms with Crippen molar-refractivity contribution in [2.45, 2.75) is 38.0 Å². The number of nitrogens with zero attached hydrogens (tertiary/aromatic N) is 2. The predicted octanol–water partition coefficient (Wildman–Crippen LogP) is -2.62. The number of para-hydroxylation sites is 1. The predicted molar refractivity (Wildman–Crippen MR) is 99.2 cm³/mol. The molecule has 4 rings (SSSR count). The highest BCUT2D eigenvalue weighted by Crippen LogP contribution is 2.30. The van der Waals surface area contributed by atoms with Crippen molar-refractivity contribution in [3.63, 3.8) is 0 Å². The van der Waals surface area contributed by atoms with E-state index in [1.54, 1.807) is 4.90 Å². The Morgan fingerprint density at radius 2 is 2.19 bits per heavy atom. The van der Waals surface area contributed by atoms with E-state index in [9.17, 15) is 9.90 Å². The minimum Gasteiger partial charge on any atom is -1.00 e. The molecule has 148 valence electrons. The number of quaternary nitrogens is 1. The minimum absolute atomic E-state index is 0. The maximum absolute atomic E-state index is 12.8. The zero-order chi connectivity index (χ0) is 18.1. The summed E-state index contributed by atoms with van der Waals surface area (Å²) in [5, 5.41) is 13.9. The van der Waals surface area contributed by atoms with Crippen molar-refractivity contribution in [2.75, 3.05) is 33.3 Å². The first-order chi connectivity index (χ1) is 12.6. The average Bonchev–Trinajstić information content (AvgIpc) is 3.26. The Balaban J connectivity index is 0.00000210. The molecule has 0 aliphatic carbocycles. The quantitative estimate of drug-likeness (QED) is 0.564. The first-order valence-corrected chi connectivity index (χ1v) is 9.62. The van der Waals surface area contributed by atoms with Gasteiger partial charge in [0.15, 0.2) is 0 Å². The van der Waals surface area contributed by atoms with Crippen molar-refractivity contribution >= 4 is 16.8 Å². The van der Waals surface area contributed by atoms with Gasteiger partial charge in [0.2, 0.25) is 0 Å². The molecule has 0 spiro atoms. The Hall–Kier alpha value is -1.60. The SMILES string of the molecule is CN1CCc2c(n(CC(O)C[NH2+]CC3CCCO3)c3ccccc23)C1=O.[Cl-]. The number of nitrogens with two attached hydrogens (primary N) is 1. The second kappa shape index (κ2) is 8.61. The third kappa shape index (κ3) is 3.99. The van der Waals surface area contributed by atoms with E-state index in [1.807, 2.05) is 29.8 Å². The fraction of sp³-hybridized carbons (Fsp3) is 0.550. The number of hydrogen-bond acceptors (Lipinski definition) is 3. The molecule has 27 heavy (non-hydrogen) atoms. The van der Waals surface area contributed by atoms with Crippen LogP contribution in [0.15, 0.2) is 24.3 Å². The van der Waals surface area contributed by atoms with Crippen LogP contribution in [0.1, 0.15) is 28.9 Å². The number of fused-ring (bicyclic) bond motifs is 3. The third-order valence-corrected chi connectivity index (χ3v) is 5.61. The molecular weight excluding hydrogens is 366 g/mol. The molecule has 2 aliphatic heterocycles. The number of aliphatic hydroxyl groups is 1. The molecule has 1 amide bonds. The largest absolute Gasteiger partial charge is 1.00 e. The molecular formula is C20H28ClN3O3. The van der Waals surface area contributed by atoms with Crippen LogP contribution in [0.25, 0.3) is 10.9 Å². The smallest absolute Gasteiger partial charge is 0.270 e. The molecule has 6 nitrogen and oxygen atoms in total. The topological polar surface area (TPSA) is 71.3 Å². The Morgan fingerprint density at radius 3 is 2.96 bits per heavy atom. The van der Waals surface area contributed by atoms with Crippen LogP contribution in [0.3, 0.4) is 0 Å². The van der Waals surface area contributed by atoms with Gasteiger partial charge in [0.25, 0.3) is 5.91 Å². The number of ether oxygens (including phenoxy) is 1. The average molecular weight is 394 g/mol. The Labute approximate surface area is 165 Å². The van der Waals surface area contributed by atoms with Gasteiger partial charge >= 0.3 is 0 Å². The number of halogens is 1. The summed E-state index contributed by atoms with van der Waals surface area (Å²) in [6.07, 6.45) is 2.93. The first kappa shape index (κ1) is 20.1. The molecule has 2 atom stereocenters. The molecule has 7 heteroatoms. The number of aromatic nitrogens is 1. The van der Waals surface area contributed by atoms with Crippen molar-refractivity contribution in [1.29, 1.82) is 0 Å². The van der Waals surface area contributed by atoms with Gasteiger partial charge in [0.05, 0.1) is 6.54 Å². The van der Waals surface area contributed by atoms with Crippen LogP contribution in [-0.2, 0) is 17.7 Å². The highest BCUT2D eigenvalue weighted by molar-refractivity contribution is 6.02. The standard InChI is InChI=1S/C20H27N3O3.ClH/c1-22-9-8-17-16-6-2-3-7-18(16)23(19(17)20(22)25)13-14(24)11-21-12-15-5-4-10-26-15;/h2-3,6-7,14-15,21,24H,4-5,8-13H2,1H3;1H. The molecule has 2 aromatic rings.